The van der Waals surface area contributed by atoms with E-state index in [4.69, 9.17) is 4.98 Å². The van der Waals surface area contributed by atoms with Gasteiger partial charge in [-0.15, -0.1) is 0 Å². The lowest BCUT2D eigenvalue weighted by molar-refractivity contribution is -0.110. The largest absolute Gasteiger partial charge is 0.321 e. The van der Waals surface area contributed by atoms with Crippen molar-refractivity contribution in [1.29, 1.82) is 0 Å². The molecule has 3 aromatic carbocycles. The third-order valence-corrected chi connectivity index (χ3v) is 5.33. The highest BCUT2D eigenvalue weighted by atomic mass is 16.2. The number of aryl methyl sites for hydroxylation is 2. The van der Waals surface area contributed by atoms with Crippen LogP contribution in [0.5, 0.6) is 0 Å². The first kappa shape index (κ1) is 18.1. The SMILES string of the molecule is Cc1ccc(-n2c(C=C3C(=O)Nc4ccc(C)cc43)nc3ccccc3c2=O)cc1. The van der Waals surface area contributed by atoms with E-state index in [1.165, 1.54) is 0 Å². The molecule has 0 radical (unpaired) electrons. The molecule has 1 aliphatic heterocycles. The van der Waals surface area contributed by atoms with Gasteiger partial charge in [-0.2, -0.15) is 0 Å². The molecule has 146 valence electrons. The molecule has 5 nitrogen and oxygen atoms in total. The van der Waals surface area contributed by atoms with Gasteiger partial charge in [-0.3, -0.25) is 14.2 Å². The van der Waals surface area contributed by atoms with Crippen LogP contribution in [0.2, 0.25) is 0 Å². The third kappa shape index (κ3) is 2.92. The molecule has 30 heavy (non-hydrogen) atoms. The summed E-state index contributed by atoms with van der Waals surface area (Å²) in [6.45, 7) is 3.98. The van der Waals surface area contributed by atoms with Crippen LogP contribution >= 0.6 is 0 Å². The number of hydrogen-bond donors (Lipinski definition) is 1. The molecule has 1 N–H and O–H groups in total. The summed E-state index contributed by atoms with van der Waals surface area (Å²) in [4.78, 5) is 30.8. The van der Waals surface area contributed by atoms with E-state index in [-0.39, 0.29) is 11.5 Å². The van der Waals surface area contributed by atoms with Gasteiger partial charge in [0.2, 0.25) is 0 Å². The number of rotatable bonds is 2. The lowest BCUT2D eigenvalue weighted by Crippen LogP contribution is -2.22. The normalized spacial score (nSPS) is 14.2. The number of carbonyl (C=O) groups excluding carboxylic acids is 1. The maximum Gasteiger partial charge on any atom is 0.266 e. The number of carbonyl (C=O) groups is 1. The first-order valence-corrected chi connectivity index (χ1v) is 9.74. The summed E-state index contributed by atoms with van der Waals surface area (Å²) in [6, 6.07) is 20.8. The number of hydrogen-bond acceptors (Lipinski definition) is 3. The molecule has 0 atom stereocenters. The van der Waals surface area contributed by atoms with E-state index in [1.54, 1.807) is 16.7 Å². The average Bonchev–Trinajstić information content (AvgIpc) is 3.04. The van der Waals surface area contributed by atoms with Crippen molar-refractivity contribution in [2.45, 2.75) is 13.8 Å². The van der Waals surface area contributed by atoms with Gasteiger partial charge >= 0.3 is 0 Å². The third-order valence-electron chi connectivity index (χ3n) is 5.33. The summed E-state index contributed by atoms with van der Waals surface area (Å²) in [6.07, 6.45) is 1.70. The molecule has 0 bridgehead atoms. The van der Waals surface area contributed by atoms with Crippen LogP contribution in [-0.4, -0.2) is 15.5 Å². The number of amides is 1. The first-order valence-electron chi connectivity index (χ1n) is 9.74. The van der Waals surface area contributed by atoms with Crippen molar-refractivity contribution in [3.8, 4) is 5.69 Å². The summed E-state index contributed by atoms with van der Waals surface area (Å²) in [5.41, 5.74) is 5.37. The van der Waals surface area contributed by atoms with Crippen molar-refractivity contribution < 1.29 is 4.79 Å². The predicted octanol–water partition coefficient (Wildman–Crippen LogP) is 4.50. The quantitative estimate of drug-likeness (QED) is 0.510. The van der Waals surface area contributed by atoms with E-state index >= 15 is 0 Å². The van der Waals surface area contributed by atoms with Crippen LogP contribution in [0.3, 0.4) is 0 Å². The minimum Gasteiger partial charge on any atom is -0.321 e. The van der Waals surface area contributed by atoms with E-state index < -0.39 is 0 Å². The number of anilines is 1. The average molecular weight is 393 g/mol. The Morgan fingerprint density at radius 1 is 0.900 bits per heavy atom. The highest BCUT2D eigenvalue weighted by molar-refractivity contribution is 6.34. The molecule has 0 spiro atoms. The van der Waals surface area contributed by atoms with Crippen LogP contribution in [0.4, 0.5) is 5.69 Å². The number of nitrogens with zero attached hydrogens (tertiary/aromatic N) is 2. The molecule has 1 aromatic heterocycles. The molecule has 0 unspecified atom stereocenters. The van der Waals surface area contributed by atoms with Gasteiger partial charge < -0.3 is 5.32 Å². The molecular weight excluding hydrogens is 374 g/mol. The fourth-order valence-corrected chi connectivity index (χ4v) is 3.76. The Balaban J connectivity index is 1.81. The second-order valence-electron chi connectivity index (χ2n) is 7.52. The molecule has 2 heterocycles. The summed E-state index contributed by atoms with van der Waals surface area (Å²) in [7, 11) is 0. The van der Waals surface area contributed by atoms with Gasteiger partial charge in [0, 0.05) is 11.3 Å². The van der Waals surface area contributed by atoms with Crippen molar-refractivity contribution >= 4 is 34.1 Å². The van der Waals surface area contributed by atoms with Gasteiger partial charge in [0.05, 0.1) is 22.2 Å². The fourth-order valence-electron chi connectivity index (χ4n) is 3.76. The van der Waals surface area contributed by atoms with E-state index in [2.05, 4.69) is 5.32 Å². The standard InChI is InChI=1S/C25H19N3O2/c1-15-7-10-17(11-8-15)28-23(26-21-6-4-3-5-18(21)25(28)30)14-20-19-13-16(2)9-12-22(19)27-24(20)29/h3-14H,1-2H3,(H,27,29). The monoisotopic (exact) mass is 393 g/mol. The molecule has 5 heteroatoms. The van der Waals surface area contributed by atoms with Gasteiger partial charge in [0.25, 0.3) is 11.5 Å². The fraction of sp³-hybridized carbons (Fsp3) is 0.0800. The van der Waals surface area contributed by atoms with Gasteiger partial charge in [-0.25, -0.2) is 4.98 Å². The van der Waals surface area contributed by atoms with E-state index in [9.17, 15) is 9.59 Å². The number of nitrogens with one attached hydrogen (secondary N) is 1. The molecule has 0 fully saturated rings. The van der Waals surface area contributed by atoms with Crippen LogP contribution in [0.1, 0.15) is 22.5 Å². The zero-order chi connectivity index (χ0) is 20.8. The summed E-state index contributed by atoms with van der Waals surface area (Å²) < 4.78 is 1.57. The maximum absolute atomic E-state index is 13.4. The van der Waals surface area contributed by atoms with Crippen LogP contribution in [0.25, 0.3) is 28.2 Å². The molecule has 5 rings (SSSR count). The van der Waals surface area contributed by atoms with Crippen LogP contribution in [0, 0.1) is 13.8 Å². The second-order valence-corrected chi connectivity index (χ2v) is 7.52. The topological polar surface area (TPSA) is 64.0 Å². The van der Waals surface area contributed by atoms with Crippen LogP contribution in [-0.2, 0) is 4.79 Å². The number of benzene rings is 3. The smallest absolute Gasteiger partial charge is 0.266 e. The van der Waals surface area contributed by atoms with Crippen molar-refractivity contribution in [3.05, 3.63) is 99.6 Å². The minimum absolute atomic E-state index is 0.167. The molecule has 1 amide bonds. The van der Waals surface area contributed by atoms with Crippen molar-refractivity contribution in [2.24, 2.45) is 0 Å². The van der Waals surface area contributed by atoms with E-state index in [0.29, 0.717) is 28.0 Å². The lowest BCUT2D eigenvalue weighted by Gasteiger charge is -2.12. The van der Waals surface area contributed by atoms with Crippen molar-refractivity contribution in [3.63, 3.8) is 0 Å². The Kier molecular flexibility index (Phi) is 4.10. The summed E-state index contributed by atoms with van der Waals surface area (Å²) >= 11 is 0. The Bertz CT molecular complexity index is 1410. The molecule has 0 saturated carbocycles. The van der Waals surface area contributed by atoms with Crippen molar-refractivity contribution in [2.75, 3.05) is 5.32 Å². The molecule has 0 aliphatic carbocycles. The number of aromatic nitrogens is 2. The van der Waals surface area contributed by atoms with Crippen molar-refractivity contribution in [1.82, 2.24) is 9.55 Å². The van der Waals surface area contributed by atoms with Gasteiger partial charge in [-0.05, 0) is 56.3 Å². The van der Waals surface area contributed by atoms with Gasteiger partial charge in [0.1, 0.15) is 5.82 Å². The Morgan fingerprint density at radius 3 is 2.43 bits per heavy atom. The summed E-state index contributed by atoms with van der Waals surface area (Å²) in [5, 5.41) is 3.43. The second kappa shape index (κ2) is 6.81. The number of para-hydroxylation sites is 1. The van der Waals surface area contributed by atoms with E-state index in [0.717, 1.165) is 22.4 Å². The number of fused-ring (bicyclic) bond motifs is 2. The molecular formula is C25H19N3O2. The van der Waals surface area contributed by atoms with E-state index in [1.807, 2.05) is 74.5 Å². The first-order chi connectivity index (χ1) is 14.5. The van der Waals surface area contributed by atoms with Crippen LogP contribution in [0.15, 0.2) is 71.5 Å². The van der Waals surface area contributed by atoms with Gasteiger partial charge in [-0.1, -0.05) is 41.5 Å². The molecule has 0 saturated heterocycles. The zero-order valence-corrected chi connectivity index (χ0v) is 16.6. The highest BCUT2D eigenvalue weighted by Gasteiger charge is 2.25. The Morgan fingerprint density at radius 2 is 1.63 bits per heavy atom. The molecule has 4 aromatic rings. The Hall–Kier alpha value is -3.99. The maximum atomic E-state index is 13.4. The lowest BCUT2D eigenvalue weighted by atomic mass is 10.0. The predicted molar refractivity (Wildman–Crippen MR) is 120 cm³/mol. The van der Waals surface area contributed by atoms with Gasteiger partial charge in [0.15, 0.2) is 0 Å². The molecule has 1 aliphatic rings. The van der Waals surface area contributed by atoms with Crippen LogP contribution < -0.4 is 10.9 Å². The Labute approximate surface area is 173 Å². The highest BCUT2D eigenvalue weighted by Crippen LogP contribution is 2.33. The summed E-state index contributed by atoms with van der Waals surface area (Å²) in [5.74, 6) is 0.218. The zero-order valence-electron chi connectivity index (χ0n) is 16.6. The minimum atomic E-state index is -0.200.